The average molecular weight is 471 g/mol. The molecule has 1 amide bonds. The number of hydrogen-bond donors (Lipinski definition) is 1. The molecule has 1 saturated heterocycles. The van der Waals surface area contributed by atoms with Crippen molar-refractivity contribution in [1.29, 1.82) is 0 Å². The van der Waals surface area contributed by atoms with Gasteiger partial charge < -0.3 is 15.0 Å². The molecule has 0 radical (unpaired) electrons. The largest absolute Gasteiger partial charge is 0.378 e. The fourth-order valence-electron chi connectivity index (χ4n) is 5.13. The minimum absolute atomic E-state index is 0.0791. The van der Waals surface area contributed by atoms with Crippen LogP contribution in [0.15, 0.2) is 48.5 Å². The molecule has 6 heteroatoms. The second-order valence-electron chi connectivity index (χ2n) is 9.93. The Morgan fingerprint density at radius 1 is 1.14 bits per heavy atom. The van der Waals surface area contributed by atoms with Crippen molar-refractivity contribution in [1.82, 2.24) is 14.9 Å². The van der Waals surface area contributed by atoms with Gasteiger partial charge in [0.25, 0.3) is 0 Å². The molecule has 2 aliphatic rings. The number of anilines is 1. The Kier molecular flexibility index (Phi) is 6.56. The molecule has 1 aromatic heterocycles. The highest BCUT2D eigenvalue weighted by Crippen LogP contribution is 2.34. The smallest absolute Gasteiger partial charge is 0.226 e. The van der Waals surface area contributed by atoms with Crippen LogP contribution >= 0.6 is 0 Å². The molecule has 2 atom stereocenters. The van der Waals surface area contributed by atoms with Crippen molar-refractivity contribution >= 4 is 28.2 Å². The Labute approximate surface area is 207 Å². The molecule has 1 N–H and O–H groups in total. The Balaban J connectivity index is 1.36. The number of carbonyl (C=O) groups excluding carboxylic acids is 1. The summed E-state index contributed by atoms with van der Waals surface area (Å²) in [5.41, 5.74) is 5.90. The lowest BCUT2D eigenvalue weighted by Crippen LogP contribution is -2.56. The summed E-state index contributed by atoms with van der Waals surface area (Å²) in [6.45, 7) is 7.66. The number of amides is 1. The van der Waals surface area contributed by atoms with E-state index in [1.807, 2.05) is 11.8 Å². The normalized spacial score (nSPS) is 19.3. The maximum absolute atomic E-state index is 12.8. The van der Waals surface area contributed by atoms with Crippen LogP contribution in [0, 0.1) is 19.8 Å². The van der Waals surface area contributed by atoms with Crippen LogP contribution in [-0.4, -0.2) is 47.1 Å². The summed E-state index contributed by atoms with van der Waals surface area (Å²) in [7, 11) is 1.71. The number of fused-ring (bicyclic) bond motifs is 1. The van der Waals surface area contributed by atoms with E-state index in [2.05, 4.69) is 72.7 Å². The third-order valence-corrected chi connectivity index (χ3v) is 7.33. The van der Waals surface area contributed by atoms with Gasteiger partial charge in [-0.05, 0) is 68.9 Å². The zero-order valence-corrected chi connectivity index (χ0v) is 21.0. The topological polar surface area (TPSA) is 67.3 Å². The van der Waals surface area contributed by atoms with Crippen molar-refractivity contribution in [3.05, 3.63) is 71.1 Å². The summed E-state index contributed by atoms with van der Waals surface area (Å²) in [5.74, 6) is 1.96. The number of allylic oxidation sites excluding steroid dienone is 2. The first-order valence-electron chi connectivity index (χ1n) is 12.5. The minimum atomic E-state index is 0.0791. The van der Waals surface area contributed by atoms with Gasteiger partial charge in [0, 0.05) is 37.5 Å². The number of ether oxygens (including phenoxy) is 1. The Morgan fingerprint density at radius 3 is 2.69 bits per heavy atom. The highest BCUT2D eigenvalue weighted by molar-refractivity contribution is 5.92. The molecule has 1 aliphatic heterocycles. The molecule has 1 aliphatic carbocycles. The lowest BCUT2D eigenvalue weighted by Gasteiger charge is -2.40. The highest BCUT2D eigenvalue weighted by atomic mass is 16.5. The van der Waals surface area contributed by atoms with Crippen molar-refractivity contribution < 1.29 is 9.53 Å². The van der Waals surface area contributed by atoms with E-state index in [9.17, 15) is 4.79 Å². The minimum Gasteiger partial charge on any atom is -0.378 e. The van der Waals surface area contributed by atoms with Crippen molar-refractivity contribution in [2.24, 2.45) is 5.92 Å². The van der Waals surface area contributed by atoms with E-state index in [1.54, 1.807) is 7.11 Å². The van der Waals surface area contributed by atoms with E-state index in [0.29, 0.717) is 0 Å². The zero-order chi connectivity index (χ0) is 24.5. The maximum Gasteiger partial charge on any atom is 0.226 e. The molecule has 0 spiro atoms. The summed E-state index contributed by atoms with van der Waals surface area (Å²) < 4.78 is 5.31. The summed E-state index contributed by atoms with van der Waals surface area (Å²) >= 11 is 0. The van der Waals surface area contributed by atoms with Crippen LogP contribution in [-0.2, 0) is 9.53 Å². The fraction of sp³-hybridized carbons (Fsp3) is 0.414. The molecular weight excluding hydrogens is 436 g/mol. The van der Waals surface area contributed by atoms with Crippen LogP contribution in [0.25, 0.3) is 16.5 Å². The average Bonchev–Trinajstić information content (AvgIpc) is 2.83. The zero-order valence-electron chi connectivity index (χ0n) is 21.0. The van der Waals surface area contributed by atoms with Gasteiger partial charge in [-0.1, -0.05) is 42.0 Å². The van der Waals surface area contributed by atoms with Gasteiger partial charge in [0.05, 0.1) is 11.6 Å². The molecule has 6 nitrogen and oxygen atoms in total. The molecule has 1 fully saturated rings. The first-order chi connectivity index (χ1) is 16.9. The van der Waals surface area contributed by atoms with E-state index < -0.39 is 0 Å². The van der Waals surface area contributed by atoms with Crippen LogP contribution in [0.1, 0.15) is 54.7 Å². The molecule has 35 heavy (non-hydrogen) atoms. The van der Waals surface area contributed by atoms with Crippen molar-refractivity contribution in [3.8, 4) is 0 Å². The molecule has 0 unspecified atom stereocenters. The van der Waals surface area contributed by atoms with Gasteiger partial charge in [0.15, 0.2) is 0 Å². The Morgan fingerprint density at radius 2 is 1.97 bits per heavy atom. The molecule has 0 bridgehead atoms. The van der Waals surface area contributed by atoms with Gasteiger partial charge in [0.1, 0.15) is 11.6 Å². The summed E-state index contributed by atoms with van der Waals surface area (Å²) in [6, 6.07) is 15.1. The second-order valence-corrected chi connectivity index (χ2v) is 9.93. The monoisotopic (exact) mass is 470 g/mol. The van der Waals surface area contributed by atoms with Crippen LogP contribution in [0.2, 0.25) is 0 Å². The van der Waals surface area contributed by atoms with Crippen LogP contribution in [0.5, 0.6) is 0 Å². The summed E-state index contributed by atoms with van der Waals surface area (Å²) in [6.07, 6.45) is 5.03. The first-order valence-corrected chi connectivity index (χ1v) is 12.5. The van der Waals surface area contributed by atoms with Crippen molar-refractivity contribution in [2.45, 2.75) is 52.2 Å². The number of methoxy groups -OCH3 is 1. The Hall–Kier alpha value is -3.25. The molecule has 182 valence electrons. The molecule has 2 heterocycles. The standard InChI is InChI=1S/C29H34N4O2/c1-18-6-5-7-23(14-18)19(2)30-28-26-15-24(12-13-27(26)31-20(3)32-28)21-8-10-22(11-9-21)29(34)33-16-25(17-33)35-4/h5-8,12-15,19,22,25H,9-11,16-17H2,1-4H3,(H,30,31,32)/t19-,22-/m0/s1. The van der Waals surface area contributed by atoms with Gasteiger partial charge in [-0.3, -0.25) is 4.79 Å². The predicted octanol–water partition coefficient (Wildman–Crippen LogP) is 5.46. The fourth-order valence-corrected chi connectivity index (χ4v) is 5.13. The highest BCUT2D eigenvalue weighted by Gasteiger charge is 2.34. The molecule has 3 aromatic rings. The number of nitrogens with zero attached hydrogens (tertiary/aromatic N) is 3. The van der Waals surface area contributed by atoms with Gasteiger partial charge in [0.2, 0.25) is 5.91 Å². The van der Waals surface area contributed by atoms with Gasteiger partial charge >= 0.3 is 0 Å². The number of benzene rings is 2. The van der Waals surface area contributed by atoms with Gasteiger partial charge in [-0.15, -0.1) is 0 Å². The Bertz CT molecular complexity index is 1280. The van der Waals surface area contributed by atoms with Crippen molar-refractivity contribution in [2.75, 3.05) is 25.5 Å². The third-order valence-electron chi connectivity index (χ3n) is 7.33. The van der Waals surface area contributed by atoms with Crippen molar-refractivity contribution in [3.63, 3.8) is 0 Å². The summed E-state index contributed by atoms with van der Waals surface area (Å²) in [4.78, 5) is 24.2. The quantitative estimate of drug-likeness (QED) is 0.518. The number of carbonyl (C=O) groups is 1. The number of likely N-dealkylation sites (tertiary alicyclic amines) is 1. The lowest BCUT2D eigenvalue weighted by atomic mass is 9.85. The van der Waals surface area contributed by atoms with Gasteiger partial charge in [-0.2, -0.15) is 0 Å². The van der Waals surface area contributed by atoms with Crippen LogP contribution < -0.4 is 5.32 Å². The molecule has 0 saturated carbocycles. The van der Waals surface area contributed by atoms with E-state index in [1.165, 1.54) is 22.3 Å². The number of aromatic nitrogens is 2. The molecule has 5 rings (SSSR count). The summed E-state index contributed by atoms with van der Waals surface area (Å²) in [5, 5.41) is 4.65. The van der Waals surface area contributed by atoms with Gasteiger partial charge in [-0.25, -0.2) is 9.97 Å². The number of nitrogens with one attached hydrogen (secondary N) is 1. The first kappa shape index (κ1) is 23.5. The third kappa shape index (κ3) is 4.94. The maximum atomic E-state index is 12.8. The number of rotatable bonds is 6. The lowest BCUT2D eigenvalue weighted by molar-refractivity contribution is -0.147. The molecule has 2 aromatic carbocycles. The molecular formula is C29H34N4O2. The number of hydrogen-bond acceptors (Lipinski definition) is 5. The van der Waals surface area contributed by atoms with E-state index in [0.717, 1.165) is 54.9 Å². The second kappa shape index (κ2) is 9.78. The predicted molar refractivity (Wildman–Crippen MR) is 140 cm³/mol. The van der Waals surface area contributed by atoms with E-state index >= 15 is 0 Å². The number of aryl methyl sites for hydroxylation is 2. The van der Waals surface area contributed by atoms with E-state index in [-0.39, 0.29) is 24.0 Å². The SMILES string of the molecule is COC1CN(C(=O)[C@H]2CC=C(c3ccc4nc(C)nc(N[C@@H](C)c5cccc(C)c5)c4c3)CC2)C1. The van der Waals surface area contributed by atoms with E-state index in [4.69, 9.17) is 9.72 Å². The van der Waals surface area contributed by atoms with Crippen LogP contribution in [0.3, 0.4) is 0 Å². The van der Waals surface area contributed by atoms with Crippen LogP contribution in [0.4, 0.5) is 5.82 Å².